The molecule has 25 heavy (non-hydrogen) atoms. The number of rotatable bonds is 7. The molecule has 1 aromatic heterocycles. The Kier molecular flexibility index (Phi) is 6.99. The van der Waals surface area contributed by atoms with Crippen molar-refractivity contribution in [2.75, 3.05) is 13.2 Å². The van der Waals surface area contributed by atoms with E-state index in [-0.39, 0.29) is 12.5 Å². The molecular formula is C18H26N2O4S. The van der Waals surface area contributed by atoms with Crippen molar-refractivity contribution in [3.05, 3.63) is 21.4 Å². The lowest BCUT2D eigenvalue weighted by molar-refractivity contribution is -0.130. The standard InChI is InChI=1S/C18H26N2O4S/c1-4-7-19-17(22)12(3)20-16(21)10-24-18(23)15-9-13-8-11(2)5-6-14(13)25-15/h9,11-12H,4-8,10H2,1-3H3,(H,19,22)(H,20,21)/t11-,12+/m1/s1. The van der Waals surface area contributed by atoms with Crippen molar-refractivity contribution in [3.63, 3.8) is 0 Å². The molecule has 2 N–H and O–H groups in total. The van der Waals surface area contributed by atoms with Crippen molar-refractivity contribution in [2.24, 2.45) is 5.92 Å². The van der Waals surface area contributed by atoms with E-state index in [9.17, 15) is 14.4 Å². The van der Waals surface area contributed by atoms with E-state index in [1.165, 1.54) is 21.8 Å². The summed E-state index contributed by atoms with van der Waals surface area (Å²) in [7, 11) is 0. The normalized spacial score (nSPS) is 17.3. The zero-order valence-electron chi connectivity index (χ0n) is 15.0. The van der Waals surface area contributed by atoms with Crippen molar-refractivity contribution < 1.29 is 19.1 Å². The summed E-state index contributed by atoms with van der Waals surface area (Å²) < 4.78 is 5.08. The summed E-state index contributed by atoms with van der Waals surface area (Å²) in [5.74, 6) is -0.577. The Morgan fingerprint density at radius 2 is 2.16 bits per heavy atom. The molecule has 0 spiro atoms. The van der Waals surface area contributed by atoms with Gasteiger partial charge in [0.2, 0.25) is 5.91 Å². The molecule has 1 aromatic rings. The molecule has 0 bridgehead atoms. The van der Waals surface area contributed by atoms with E-state index in [4.69, 9.17) is 4.74 Å². The monoisotopic (exact) mass is 366 g/mol. The largest absolute Gasteiger partial charge is 0.451 e. The highest BCUT2D eigenvalue weighted by molar-refractivity contribution is 7.14. The van der Waals surface area contributed by atoms with E-state index in [2.05, 4.69) is 17.6 Å². The minimum Gasteiger partial charge on any atom is -0.451 e. The molecule has 1 aliphatic rings. The predicted octanol–water partition coefficient (Wildman–Crippen LogP) is 2.06. The zero-order valence-corrected chi connectivity index (χ0v) is 15.8. The summed E-state index contributed by atoms with van der Waals surface area (Å²) in [5, 5.41) is 5.23. The van der Waals surface area contributed by atoms with Crippen molar-refractivity contribution in [1.29, 1.82) is 0 Å². The van der Waals surface area contributed by atoms with Crippen molar-refractivity contribution in [1.82, 2.24) is 10.6 Å². The molecule has 0 unspecified atom stereocenters. The topological polar surface area (TPSA) is 84.5 Å². The molecule has 2 rings (SSSR count). The lowest BCUT2D eigenvalue weighted by Crippen LogP contribution is -2.46. The Morgan fingerprint density at radius 3 is 2.88 bits per heavy atom. The van der Waals surface area contributed by atoms with E-state index in [1.807, 2.05) is 13.0 Å². The number of hydrogen-bond donors (Lipinski definition) is 2. The molecule has 6 nitrogen and oxygen atoms in total. The first-order valence-corrected chi connectivity index (χ1v) is 9.58. The third-order valence-electron chi connectivity index (χ3n) is 4.18. The number of esters is 1. The number of fused-ring (bicyclic) bond motifs is 1. The average molecular weight is 366 g/mol. The van der Waals surface area contributed by atoms with Gasteiger partial charge in [-0.1, -0.05) is 13.8 Å². The van der Waals surface area contributed by atoms with Crippen LogP contribution in [0.2, 0.25) is 0 Å². The minimum absolute atomic E-state index is 0.249. The summed E-state index contributed by atoms with van der Waals surface area (Å²) in [6.45, 7) is 5.94. The molecular weight excluding hydrogens is 340 g/mol. The van der Waals surface area contributed by atoms with E-state index < -0.39 is 17.9 Å². The highest BCUT2D eigenvalue weighted by Gasteiger charge is 2.22. The van der Waals surface area contributed by atoms with Gasteiger partial charge in [-0.3, -0.25) is 9.59 Å². The fraction of sp³-hybridized carbons (Fsp3) is 0.611. The highest BCUT2D eigenvalue weighted by atomic mass is 32.1. The Bertz CT molecular complexity index is 641. The van der Waals surface area contributed by atoms with Crippen LogP contribution in [0.15, 0.2) is 6.07 Å². The molecule has 2 atom stereocenters. The van der Waals surface area contributed by atoms with Crippen LogP contribution in [-0.2, 0) is 27.2 Å². The second-order valence-corrected chi connectivity index (χ2v) is 7.70. The molecule has 0 saturated carbocycles. The molecule has 1 aliphatic carbocycles. The number of carbonyl (C=O) groups excluding carboxylic acids is 3. The van der Waals surface area contributed by atoms with Crippen LogP contribution in [0.4, 0.5) is 0 Å². The molecule has 0 saturated heterocycles. The number of thiophene rings is 1. The lowest BCUT2D eigenvalue weighted by atomic mass is 9.90. The number of aryl methyl sites for hydroxylation is 1. The van der Waals surface area contributed by atoms with Gasteiger partial charge in [-0.25, -0.2) is 4.79 Å². The number of ether oxygens (including phenoxy) is 1. The maximum atomic E-state index is 12.1. The van der Waals surface area contributed by atoms with Gasteiger partial charge >= 0.3 is 5.97 Å². The van der Waals surface area contributed by atoms with Crippen molar-refractivity contribution in [3.8, 4) is 0 Å². The van der Waals surface area contributed by atoms with Crippen molar-refractivity contribution >= 4 is 29.1 Å². The van der Waals surface area contributed by atoms with Crippen LogP contribution in [0.1, 0.15) is 53.7 Å². The maximum absolute atomic E-state index is 12.1. The number of carbonyl (C=O) groups is 3. The van der Waals surface area contributed by atoms with Crippen LogP contribution < -0.4 is 10.6 Å². The van der Waals surface area contributed by atoms with Gasteiger partial charge in [0, 0.05) is 11.4 Å². The van der Waals surface area contributed by atoms with E-state index in [0.717, 1.165) is 25.7 Å². The van der Waals surface area contributed by atoms with E-state index in [1.54, 1.807) is 6.92 Å². The molecule has 7 heteroatoms. The van der Waals surface area contributed by atoms with Crippen LogP contribution in [0.3, 0.4) is 0 Å². The third-order valence-corrected chi connectivity index (χ3v) is 5.40. The van der Waals surface area contributed by atoms with Gasteiger partial charge in [0.1, 0.15) is 10.9 Å². The first kappa shape index (κ1) is 19.4. The van der Waals surface area contributed by atoms with Gasteiger partial charge < -0.3 is 15.4 Å². The van der Waals surface area contributed by atoms with Crippen LogP contribution in [0, 0.1) is 5.92 Å². The second kappa shape index (κ2) is 8.99. The maximum Gasteiger partial charge on any atom is 0.348 e. The van der Waals surface area contributed by atoms with Gasteiger partial charge in [0.05, 0.1) is 0 Å². The van der Waals surface area contributed by atoms with Crippen LogP contribution in [0.25, 0.3) is 0 Å². The number of nitrogens with one attached hydrogen (secondary N) is 2. The van der Waals surface area contributed by atoms with Crippen LogP contribution in [-0.4, -0.2) is 37.0 Å². The lowest BCUT2D eigenvalue weighted by Gasteiger charge is -2.16. The van der Waals surface area contributed by atoms with Gasteiger partial charge in [0.25, 0.3) is 5.91 Å². The third kappa shape index (κ3) is 5.56. The quantitative estimate of drug-likeness (QED) is 0.724. The second-order valence-electron chi connectivity index (χ2n) is 6.56. The SMILES string of the molecule is CCCNC(=O)[C@H](C)NC(=O)COC(=O)c1cc2c(s1)CC[C@@H](C)C2. The molecule has 0 aromatic carbocycles. The first-order chi connectivity index (χ1) is 11.9. The van der Waals surface area contributed by atoms with Gasteiger partial charge in [0.15, 0.2) is 6.61 Å². The molecule has 0 aliphatic heterocycles. The summed E-state index contributed by atoms with van der Waals surface area (Å²) >= 11 is 1.45. The van der Waals surface area contributed by atoms with E-state index >= 15 is 0 Å². The van der Waals surface area contributed by atoms with Crippen LogP contribution >= 0.6 is 11.3 Å². The van der Waals surface area contributed by atoms with Gasteiger partial charge in [-0.15, -0.1) is 11.3 Å². The Hall–Kier alpha value is -1.89. The Labute approximate surface area is 152 Å². The predicted molar refractivity (Wildman–Crippen MR) is 96.7 cm³/mol. The Balaban J connectivity index is 1.80. The fourth-order valence-corrected chi connectivity index (χ4v) is 3.86. The summed E-state index contributed by atoms with van der Waals surface area (Å²) in [6, 6.07) is 1.23. The molecule has 0 radical (unpaired) electrons. The number of amides is 2. The summed E-state index contributed by atoms with van der Waals surface area (Å²) in [4.78, 5) is 37.5. The first-order valence-electron chi connectivity index (χ1n) is 8.76. The smallest absolute Gasteiger partial charge is 0.348 e. The highest BCUT2D eigenvalue weighted by Crippen LogP contribution is 2.32. The molecule has 1 heterocycles. The molecule has 0 fully saturated rings. The Morgan fingerprint density at radius 1 is 1.40 bits per heavy atom. The van der Waals surface area contributed by atoms with E-state index in [0.29, 0.717) is 17.3 Å². The summed E-state index contributed by atoms with van der Waals surface area (Å²) in [5.41, 5.74) is 1.22. The average Bonchev–Trinajstić information content (AvgIpc) is 3.00. The summed E-state index contributed by atoms with van der Waals surface area (Å²) in [6.07, 6.45) is 3.96. The van der Waals surface area contributed by atoms with Gasteiger partial charge in [-0.05, 0) is 50.2 Å². The number of hydrogen-bond acceptors (Lipinski definition) is 5. The zero-order chi connectivity index (χ0) is 18.4. The van der Waals surface area contributed by atoms with Gasteiger partial charge in [-0.2, -0.15) is 0 Å². The van der Waals surface area contributed by atoms with Crippen molar-refractivity contribution in [2.45, 2.75) is 52.5 Å². The fourth-order valence-electron chi connectivity index (χ4n) is 2.76. The molecule has 138 valence electrons. The minimum atomic E-state index is -0.659. The molecule has 2 amide bonds. The van der Waals surface area contributed by atoms with Crippen LogP contribution in [0.5, 0.6) is 0 Å².